The molecule has 82 valence electrons. The van der Waals surface area contributed by atoms with Crippen LogP contribution in [-0.2, 0) is 6.61 Å². The average molecular weight is 233 g/mol. The highest BCUT2D eigenvalue weighted by atomic mass is 32.1. The molecule has 0 bridgehead atoms. The van der Waals surface area contributed by atoms with Gasteiger partial charge in [-0.15, -0.1) is 0 Å². The zero-order valence-electron chi connectivity index (χ0n) is 8.51. The number of aliphatic hydroxyl groups is 1. The van der Waals surface area contributed by atoms with E-state index in [1.54, 1.807) is 23.6 Å². The van der Waals surface area contributed by atoms with E-state index in [0.717, 1.165) is 0 Å². The van der Waals surface area contributed by atoms with Crippen LogP contribution in [0.15, 0.2) is 41.1 Å². The van der Waals surface area contributed by atoms with Crippen LogP contribution in [0.3, 0.4) is 0 Å². The molecule has 4 heteroatoms. The summed E-state index contributed by atoms with van der Waals surface area (Å²) in [5.41, 5.74) is 2.00. The number of hydrogen-bond donors (Lipinski definition) is 2. The molecule has 2 N–H and O–H groups in total. The molecule has 0 atom stereocenters. The number of thiophene rings is 1. The van der Waals surface area contributed by atoms with E-state index in [2.05, 4.69) is 5.32 Å². The van der Waals surface area contributed by atoms with Gasteiger partial charge in [-0.2, -0.15) is 11.3 Å². The number of carbonyl (C=O) groups is 1. The second-order valence-electron chi connectivity index (χ2n) is 3.28. The molecule has 0 aliphatic rings. The largest absolute Gasteiger partial charge is 0.392 e. The fraction of sp³-hybridized carbons (Fsp3) is 0.0833. The summed E-state index contributed by atoms with van der Waals surface area (Å²) in [6.45, 7) is -0.0832. The van der Waals surface area contributed by atoms with Crippen molar-refractivity contribution in [3.8, 4) is 0 Å². The van der Waals surface area contributed by atoms with E-state index >= 15 is 0 Å². The first-order valence-electron chi connectivity index (χ1n) is 4.83. The number of aliphatic hydroxyl groups excluding tert-OH is 1. The summed E-state index contributed by atoms with van der Waals surface area (Å²) in [4.78, 5) is 11.8. The van der Waals surface area contributed by atoms with Crippen LogP contribution in [0.2, 0.25) is 0 Å². The third kappa shape index (κ3) is 2.29. The maximum absolute atomic E-state index is 11.8. The SMILES string of the molecule is O=C(Nc1ccccc1CO)c1ccsc1. The van der Waals surface area contributed by atoms with Crippen LogP contribution in [-0.4, -0.2) is 11.0 Å². The van der Waals surface area contributed by atoms with Crippen LogP contribution >= 0.6 is 11.3 Å². The predicted molar refractivity (Wildman–Crippen MR) is 64.6 cm³/mol. The van der Waals surface area contributed by atoms with Crippen LogP contribution in [0.4, 0.5) is 5.69 Å². The van der Waals surface area contributed by atoms with Crippen molar-refractivity contribution in [1.29, 1.82) is 0 Å². The Morgan fingerprint density at radius 3 is 2.81 bits per heavy atom. The standard InChI is InChI=1S/C12H11NO2S/c14-7-9-3-1-2-4-11(9)13-12(15)10-5-6-16-8-10/h1-6,8,14H,7H2,(H,13,15). The minimum Gasteiger partial charge on any atom is -0.392 e. The Kier molecular flexibility index (Phi) is 3.34. The van der Waals surface area contributed by atoms with E-state index in [0.29, 0.717) is 16.8 Å². The summed E-state index contributed by atoms with van der Waals surface area (Å²) in [7, 11) is 0. The molecule has 0 saturated carbocycles. The van der Waals surface area contributed by atoms with Crippen LogP contribution in [0.25, 0.3) is 0 Å². The molecule has 0 unspecified atom stereocenters. The Labute approximate surface area is 97.4 Å². The van der Waals surface area contributed by atoms with Gasteiger partial charge in [0.1, 0.15) is 0 Å². The molecule has 0 aliphatic carbocycles. The molecule has 0 aliphatic heterocycles. The van der Waals surface area contributed by atoms with E-state index in [1.165, 1.54) is 11.3 Å². The first-order chi connectivity index (χ1) is 7.81. The molecular weight excluding hydrogens is 222 g/mol. The van der Waals surface area contributed by atoms with Gasteiger partial charge in [-0.25, -0.2) is 0 Å². The summed E-state index contributed by atoms with van der Waals surface area (Å²) in [6, 6.07) is 8.97. The molecule has 1 aromatic heterocycles. The topological polar surface area (TPSA) is 49.3 Å². The van der Waals surface area contributed by atoms with Gasteiger partial charge in [-0.1, -0.05) is 18.2 Å². The minimum atomic E-state index is -0.151. The molecule has 16 heavy (non-hydrogen) atoms. The first-order valence-corrected chi connectivity index (χ1v) is 5.78. The zero-order valence-corrected chi connectivity index (χ0v) is 9.33. The van der Waals surface area contributed by atoms with Crippen molar-refractivity contribution in [3.05, 3.63) is 52.2 Å². The monoisotopic (exact) mass is 233 g/mol. The summed E-state index contributed by atoms with van der Waals surface area (Å²) in [5.74, 6) is -0.151. The third-order valence-corrected chi connectivity index (χ3v) is 2.90. The second-order valence-corrected chi connectivity index (χ2v) is 4.06. The summed E-state index contributed by atoms with van der Waals surface area (Å²) in [6.07, 6.45) is 0. The van der Waals surface area contributed by atoms with Crippen LogP contribution in [0.1, 0.15) is 15.9 Å². The number of anilines is 1. The number of benzene rings is 1. The van der Waals surface area contributed by atoms with Gasteiger partial charge in [-0.3, -0.25) is 4.79 Å². The van der Waals surface area contributed by atoms with E-state index in [-0.39, 0.29) is 12.5 Å². The summed E-state index contributed by atoms with van der Waals surface area (Å²) < 4.78 is 0. The van der Waals surface area contributed by atoms with E-state index < -0.39 is 0 Å². The van der Waals surface area contributed by atoms with Crippen molar-refractivity contribution in [1.82, 2.24) is 0 Å². The van der Waals surface area contributed by atoms with Gasteiger partial charge in [0.15, 0.2) is 0 Å². The molecule has 1 heterocycles. The maximum atomic E-state index is 11.8. The molecule has 0 fully saturated rings. The minimum absolute atomic E-state index is 0.0832. The summed E-state index contributed by atoms with van der Waals surface area (Å²) in [5, 5.41) is 15.5. The van der Waals surface area contributed by atoms with Crippen molar-refractivity contribution in [2.75, 3.05) is 5.32 Å². The highest BCUT2D eigenvalue weighted by molar-refractivity contribution is 7.08. The van der Waals surface area contributed by atoms with Gasteiger partial charge in [0, 0.05) is 16.6 Å². The summed E-state index contributed by atoms with van der Waals surface area (Å²) >= 11 is 1.48. The zero-order chi connectivity index (χ0) is 11.4. The van der Waals surface area contributed by atoms with Gasteiger partial charge in [0.2, 0.25) is 0 Å². The quantitative estimate of drug-likeness (QED) is 0.855. The number of hydrogen-bond acceptors (Lipinski definition) is 3. The van der Waals surface area contributed by atoms with Gasteiger partial charge in [0.25, 0.3) is 5.91 Å². The molecule has 0 radical (unpaired) electrons. The van der Waals surface area contributed by atoms with Gasteiger partial charge < -0.3 is 10.4 Å². The molecule has 2 rings (SSSR count). The van der Waals surface area contributed by atoms with Crippen LogP contribution in [0, 0.1) is 0 Å². The van der Waals surface area contributed by atoms with Gasteiger partial charge >= 0.3 is 0 Å². The van der Waals surface area contributed by atoms with Crippen LogP contribution in [0.5, 0.6) is 0 Å². The Balaban J connectivity index is 2.18. The number of amides is 1. The number of nitrogens with one attached hydrogen (secondary N) is 1. The van der Waals surface area contributed by atoms with Gasteiger partial charge in [-0.05, 0) is 17.5 Å². The normalized spacial score (nSPS) is 10.1. The lowest BCUT2D eigenvalue weighted by molar-refractivity contribution is 0.102. The molecule has 0 spiro atoms. The lowest BCUT2D eigenvalue weighted by Crippen LogP contribution is -2.12. The Morgan fingerprint density at radius 2 is 2.12 bits per heavy atom. The van der Waals surface area contributed by atoms with Crippen molar-refractivity contribution in [2.24, 2.45) is 0 Å². The number of para-hydroxylation sites is 1. The molecule has 3 nitrogen and oxygen atoms in total. The predicted octanol–water partition coefficient (Wildman–Crippen LogP) is 2.49. The second kappa shape index (κ2) is 4.92. The average Bonchev–Trinajstić information content (AvgIpc) is 2.83. The van der Waals surface area contributed by atoms with Crippen molar-refractivity contribution < 1.29 is 9.90 Å². The highest BCUT2D eigenvalue weighted by Gasteiger charge is 2.08. The molecule has 2 aromatic rings. The van der Waals surface area contributed by atoms with E-state index in [1.807, 2.05) is 17.5 Å². The van der Waals surface area contributed by atoms with Crippen molar-refractivity contribution in [3.63, 3.8) is 0 Å². The fourth-order valence-electron chi connectivity index (χ4n) is 1.37. The van der Waals surface area contributed by atoms with Crippen molar-refractivity contribution >= 4 is 22.9 Å². The van der Waals surface area contributed by atoms with Crippen LogP contribution < -0.4 is 5.32 Å². The maximum Gasteiger partial charge on any atom is 0.256 e. The molecule has 0 saturated heterocycles. The Hall–Kier alpha value is -1.65. The number of rotatable bonds is 3. The molecular formula is C12H11NO2S. The Morgan fingerprint density at radius 1 is 1.31 bits per heavy atom. The van der Waals surface area contributed by atoms with Gasteiger partial charge in [0.05, 0.1) is 12.2 Å². The van der Waals surface area contributed by atoms with E-state index in [4.69, 9.17) is 5.11 Å². The smallest absolute Gasteiger partial charge is 0.256 e. The lowest BCUT2D eigenvalue weighted by atomic mass is 10.2. The Bertz CT molecular complexity index is 480. The van der Waals surface area contributed by atoms with E-state index in [9.17, 15) is 4.79 Å². The first kappa shape index (κ1) is 10.9. The third-order valence-electron chi connectivity index (χ3n) is 2.22. The molecule has 1 aromatic carbocycles. The molecule has 1 amide bonds. The fourth-order valence-corrected chi connectivity index (χ4v) is 2.00. The lowest BCUT2D eigenvalue weighted by Gasteiger charge is -2.07. The number of carbonyl (C=O) groups excluding carboxylic acids is 1. The van der Waals surface area contributed by atoms with Crippen molar-refractivity contribution in [2.45, 2.75) is 6.61 Å². The highest BCUT2D eigenvalue weighted by Crippen LogP contribution is 2.16.